The Hall–Kier alpha value is -4.15. The first-order chi connectivity index (χ1) is 24.4. The zero-order valence-electron chi connectivity index (χ0n) is 29.0. The number of hydrogen-bond donors (Lipinski definition) is 1. The molecule has 4 rings (SSSR count). The highest BCUT2D eigenvalue weighted by Gasteiger charge is 2.52. The van der Waals surface area contributed by atoms with E-state index in [9.17, 15) is 23.7 Å². The Morgan fingerprint density at radius 1 is 1.02 bits per heavy atom. The normalized spacial score (nSPS) is 20.4. The molecule has 1 aliphatic rings. The largest absolute Gasteiger partial charge is 0.532 e. The molecule has 17 heteroatoms. The summed E-state index contributed by atoms with van der Waals surface area (Å²) in [5, 5.41) is 0. The second-order valence-corrected chi connectivity index (χ2v) is 12.9. The highest BCUT2D eigenvalue weighted by molar-refractivity contribution is 7.49. The van der Waals surface area contributed by atoms with Crippen molar-refractivity contribution in [1.29, 1.82) is 0 Å². The van der Waals surface area contributed by atoms with Gasteiger partial charge in [0, 0.05) is 19.4 Å². The summed E-state index contributed by atoms with van der Waals surface area (Å²) in [6.45, 7) is 5.31. The quantitative estimate of drug-likeness (QED) is 0.0620. The van der Waals surface area contributed by atoms with E-state index in [4.69, 9.17) is 43.4 Å². The van der Waals surface area contributed by atoms with E-state index in [0.717, 1.165) is 10.6 Å². The maximum absolute atomic E-state index is 14.5. The molecule has 0 aliphatic carbocycles. The minimum Gasteiger partial charge on any atom is -0.457 e. The van der Waals surface area contributed by atoms with Crippen LogP contribution in [0.2, 0.25) is 0 Å². The van der Waals surface area contributed by atoms with E-state index in [1.54, 1.807) is 46.1 Å². The second-order valence-electron chi connectivity index (χ2n) is 11.3. The number of phosphoric acid groups is 1. The van der Waals surface area contributed by atoms with Gasteiger partial charge in [-0.05, 0) is 50.1 Å². The molecular weight excluding hydrogens is 679 g/mol. The first kappa shape index (κ1) is 37.1. The van der Waals surface area contributed by atoms with Crippen LogP contribution in [0.1, 0.15) is 50.7 Å². The number of carbonyl (C=O) groups excluding carboxylic acids is 2. The number of aromatic amines is 1. The summed E-state index contributed by atoms with van der Waals surface area (Å²) >= 11 is 0. The fourth-order valence-corrected chi connectivity index (χ4v) is 6.16. The zero-order chi connectivity index (χ0) is 37.0. The van der Waals surface area contributed by atoms with Gasteiger partial charge >= 0.3 is 19.5 Å². The Morgan fingerprint density at radius 2 is 1.72 bits per heavy atom. The van der Waals surface area contributed by atoms with Gasteiger partial charge in [-0.15, -0.1) is 0 Å². The van der Waals surface area contributed by atoms with Gasteiger partial charge in [-0.2, -0.15) is 0 Å². The Kier molecular flexibility index (Phi) is 13.5. The average molecular weight is 722 g/mol. The van der Waals surface area contributed by atoms with Gasteiger partial charge in [-0.3, -0.25) is 23.7 Å². The van der Waals surface area contributed by atoms with Crippen LogP contribution in [0.25, 0.3) is 0 Å². The number of esters is 1. The molecule has 0 spiro atoms. The number of ether oxygens (including phenoxy) is 6. The summed E-state index contributed by atoms with van der Waals surface area (Å²) in [6, 6.07) is 15.1. The lowest BCUT2D eigenvalue weighted by atomic mass is 9.98. The number of methoxy groups -OCH3 is 1. The van der Waals surface area contributed by atoms with Crippen LogP contribution in [0.15, 0.2) is 76.4 Å². The lowest BCUT2D eigenvalue weighted by Gasteiger charge is -2.28. The van der Waals surface area contributed by atoms with Crippen molar-refractivity contribution in [2.75, 3.05) is 40.3 Å². The van der Waals surface area contributed by atoms with Gasteiger partial charge in [0.15, 0.2) is 20.5 Å². The van der Waals surface area contributed by atoms with E-state index in [-0.39, 0.29) is 30.9 Å². The molecule has 1 fully saturated rings. The van der Waals surface area contributed by atoms with Crippen molar-refractivity contribution in [3.8, 4) is 5.75 Å². The molecule has 5 atom stereocenters. The van der Waals surface area contributed by atoms with Crippen molar-refractivity contribution >= 4 is 20.2 Å². The number of nitrogens with zero attached hydrogens (tertiary/aromatic N) is 1. The number of benzene rings is 2. The molecule has 1 saturated heterocycles. The van der Waals surface area contributed by atoms with Crippen molar-refractivity contribution in [2.45, 2.75) is 57.3 Å². The van der Waals surface area contributed by atoms with Gasteiger partial charge in [0.2, 0.25) is 0 Å². The fraction of sp³-hybridized carbons (Fsp3) is 0.455. The van der Waals surface area contributed by atoms with E-state index < -0.39 is 68.4 Å². The maximum Gasteiger partial charge on any atom is 0.532 e. The van der Waals surface area contributed by atoms with Crippen LogP contribution in [-0.2, 0) is 52.4 Å². The highest BCUT2D eigenvalue weighted by Crippen LogP contribution is 2.54. The summed E-state index contributed by atoms with van der Waals surface area (Å²) in [5.41, 5.74) is -1.98. The molecule has 272 valence electrons. The van der Waals surface area contributed by atoms with Crippen molar-refractivity contribution in [2.24, 2.45) is 0 Å². The van der Waals surface area contributed by atoms with Gasteiger partial charge in [0.25, 0.3) is 12.0 Å². The number of carbonyl (C=O) groups is 2. The first-order valence-corrected chi connectivity index (χ1v) is 17.1. The monoisotopic (exact) mass is 721 g/mol. The molecule has 0 radical (unpaired) electrons. The molecule has 3 unspecified atom stereocenters. The van der Waals surface area contributed by atoms with Crippen molar-refractivity contribution in [3.05, 3.63) is 98.8 Å². The predicted molar refractivity (Wildman–Crippen MR) is 175 cm³/mol. The van der Waals surface area contributed by atoms with Gasteiger partial charge in [-0.1, -0.05) is 37.3 Å². The van der Waals surface area contributed by atoms with E-state index in [0.29, 0.717) is 18.8 Å². The van der Waals surface area contributed by atoms with Gasteiger partial charge in [0.1, 0.15) is 17.5 Å². The zero-order valence-corrected chi connectivity index (χ0v) is 28.9. The summed E-state index contributed by atoms with van der Waals surface area (Å²) in [7, 11) is -3.15. The molecule has 16 nitrogen and oxygen atoms in total. The van der Waals surface area contributed by atoms with Crippen molar-refractivity contribution in [1.82, 2.24) is 9.55 Å². The smallest absolute Gasteiger partial charge is 0.457 e. The molecule has 0 saturated carbocycles. The Bertz CT molecular complexity index is 1750. The van der Waals surface area contributed by atoms with E-state index >= 15 is 0 Å². The molecule has 3 aromatic rings. The number of phosphoric ester groups is 1. The van der Waals surface area contributed by atoms with E-state index in [1.807, 2.05) is 0 Å². The van der Waals surface area contributed by atoms with Crippen LogP contribution < -0.4 is 15.8 Å². The molecule has 1 aliphatic heterocycles. The van der Waals surface area contributed by atoms with Gasteiger partial charge in [0.05, 0.1) is 38.1 Å². The van der Waals surface area contributed by atoms with Crippen LogP contribution in [0.3, 0.4) is 0 Å². The number of H-pyrrole nitrogens is 1. The average Bonchev–Trinajstić information content (AvgIpc) is 3.41. The van der Waals surface area contributed by atoms with Crippen LogP contribution in [0, 0.1) is 0 Å². The molecule has 1 aromatic heterocycles. The Morgan fingerprint density at radius 3 is 2.38 bits per heavy atom. The van der Waals surface area contributed by atoms with Crippen molar-refractivity contribution in [3.63, 3.8) is 0 Å². The number of aromatic nitrogens is 2. The molecule has 0 bridgehead atoms. The fourth-order valence-electron chi connectivity index (χ4n) is 4.87. The van der Waals surface area contributed by atoms with Crippen molar-refractivity contribution < 1.29 is 57.5 Å². The third-order valence-electron chi connectivity index (χ3n) is 7.48. The topological polar surface area (TPSA) is 189 Å². The Balaban J connectivity index is 1.65. The first-order valence-electron chi connectivity index (χ1n) is 16.2. The second kappa shape index (κ2) is 18.2. The van der Waals surface area contributed by atoms with Crippen LogP contribution in [0.5, 0.6) is 5.75 Å². The summed E-state index contributed by atoms with van der Waals surface area (Å²) in [4.78, 5) is 51.5. The molecule has 0 amide bonds. The lowest BCUT2D eigenvalue weighted by molar-refractivity contribution is -0.141. The minimum atomic E-state index is -4.69. The summed E-state index contributed by atoms with van der Waals surface area (Å²) in [6.07, 6.45) is -4.82. The van der Waals surface area contributed by atoms with Crippen LogP contribution >= 0.6 is 7.82 Å². The maximum atomic E-state index is 14.5. The van der Waals surface area contributed by atoms with Gasteiger partial charge in [-0.25, -0.2) is 18.7 Å². The molecule has 2 heterocycles. The molecule has 50 heavy (non-hydrogen) atoms. The van der Waals surface area contributed by atoms with E-state index in [1.165, 1.54) is 42.6 Å². The molecular formula is C33H41N2O14P. The number of nitrogens with one attached hydrogen (secondary N) is 1. The highest BCUT2D eigenvalue weighted by atomic mass is 31.2. The van der Waals surface area contributed by atoms with E-state index in [2.05, 4.69) is 4.98 Å². The van der Waals surface area contributed by atoms with Crippen LogP contribution in [-0.4, -0.2) is 80.6 Å². The number of hydrogen-bond acceptors (Lipinski definition) is 14. The SMILES string of the molecule is [2H]C(=O)OC(C)(C)c1ccc(OP(=O)(OCOCCOCCOC)OC2C(OC(=O)c3ccccc3)[C@H](n3ccc(=O)[nH]c3=O)O[C@@H]2CC)cc1. The van der Waals surface area contributed by atoms with Crippen LogP contribution in [0.4, 0.5) is 0 Å². The standard InChI is InChI=1S/C33H41N2O14P/c1-5-26-28(29(47-31(38)23-9-7-6-8-10-23)30(46-26)35-16-15-27(37)34-32(35)39)49-50(40,45-22-43-20-19-42-18-17-41-4)48-25-13-11-24(12-14-25)33(2,3)44-21-36/h6-16,21,26,28-30H,5,17-20,22H2,1-4H3,(H,34,37,39)/t26-,28?,29?,30-,50?/m1/s1/i21D. The summed E-state index contributed by atoms with van der Waals surface area (Å²) in [5.74, 6) is -0.784. The van der Waals surface area contributed by atoms with Gasteiger partial charge < -0.3 is 32.9 Å². The third kappa shape index (κ3) is 10.4. The summed E-state index contributed by atoms with van der Waals surface area (Å²) < 4.78 is 73.0. The lowest BCUT2D eigenvalue weighted by Crippen LogP contribution is -2.41. The third-order valence-corrected chi connectivity index (χ3v) is 8.84. The minimum absolute atomic E-state index is 0.0104. The Labute approximate surface area is 289 Å². The molecule has 2 aromatic carbocycles. The number of rotatable bonds is 19. The predicted octanol–water partition coefficient (Wildman–Crippen LogP) is 3.70. The molecule has 1 N–H and O–H groups in total.